The van der Waals surface area contributed by atoms with Gasteiger partial charge in [-0.2, -0.15) is 0 Å². The quantitative estimate of drug-likeness (QED) is 0.630. The van der Waals surface area contributed by atoms with Crippen molar-refractivity contribution in [1.29, 1.82) is 0 Å². The predicted molar refractivity (Wildman–Crippen MR) is 73.7 cm³/mol. The molecule has 0 bridgehead atoms. The van der Waals surface area contributed by atoms with E-state index in [9.17, 15) is 20.2 Å². The lowest BCUT2D eigenvalue weighted by molar-refractivity contribution is -0.395. The minimum atomic E-state index is -0.586. The summed E-state index contributed by atoms with van der Waals surface area (Å²) in [4.78, 5) is 20.8. The Kier molecular flexibility index (Phi) is 3.74. The van der Waals surface area contributed by atoms with E-state index < -0.39 is 9.85 Å². The molecule has 6 heteroatoms. The third-order valence-electron chi connectivity index (χ3n) is 3.06. The molecule has 0 aromatic heterocycles. The molecule has 2 aromatic rings. The predicted octanol–water partition coefficient (Wildman–Crippen LogP) is 3.40. The monoisotopic (exact) mass is 272 g/mol. The third kappa shape index (κ3) is 2.80. The fourth-order valence-electron chi connectivity index (χ4n) is 2.05. The van der Waals surface area contributed by atoms with E-state index in [0.717, 1.165) is 5.56 Å². The van der Waals surface area contributed by atoms with E-state index in [1.54, 1.807) is 0 Å². The zero-order valence-electron chi connectivity index (χ0n) is 10.8. The summed E-state index contributed by atoms with van der Waals surface area (Å²) in [7, 11) is 0. The Morgan fingerprint density at radius 3 is 1.85 bits per heavy atom. The lowest BCUT2D eigenvalue weighted by atomic mass is 10.0. The minimum absolute atomic E-state index is 0.0804. The van der Waals surface area contributed by atoms with Crippen LogP contribution in [0, 0.1) is 27.2 Å². The lowest BCUT2D eigenvalue weighted by Gasteiger charge is -2.05. The van der Waals surface area contributed by atoms with Crippen molar-refractivity contribution in [3.05, 3.63) is 79.4 Å². The van der Waals surface area contributed by atoms with Gasteiger partial charge in [-0.25, -0.2) is 0 Å². The first-order valence-electron chi connectivity index (χ1n) is 5.95. The lowest BCUT2D eigenvalue weighted by Crippen LogP contribution is -2.00. The average molecular weight is 272 g/mol. The van der Waals surface area contributed by atoms with Crippen molar-refractivity contribution in [2.24, 2.45) is 0 Å². The Morgan fingerprint density at radius 1 is 0.900 bits per heavy atom. The highest BCUT2D eigenvalue weighted by Gasteiger charge is 2.22. The van der Waals surface area contributed by atoms with E-state index in [2.05, 4.69) is 0 Å². The van der Waals surface area contributed by atoms with Gasteiger partial charge in [0.2, 0.25) is 0 Å². The van der Waals surface area contributed by atoms with Crippen LogP contribution < -0.4 is 0 Å². The second-order valence-corrected chi connectivity index (χ2v) is 4.44. The van der Waals surface area contributed by atoms with Gasteiger partial charge in [-0.15, -0.1) is 0 Å². The summed E-state index contributed by atoms with van der Waals surface area (Å²) in [6.07, 6.45) is 0.419. The molecule has 0 spiro atoms. The molecule has 0 N–H and O–H groups in total. The van der Waals surface area contributed by atoms with Gasteiger partial charge in [-0.1, -0.05) is 30.3 Å². The van der Waals surface area contributed by atoms with Crippen LogP contribution >= 0.6 is 0 Å². The van der Waals surface area contributed by atoms with Gasteiger partial charge in [-0.05, 0) is 24.5 Å². The topological polar surface area (TPSA) is 86.3 Å². The fraction of sp³-hybridized carbons (Fsp3) is 0.143. The summed E-state index contributed by atoms with van der Waals surface area (Å²) in [6.45, 7) is 1.39. The molecule has 0 radical (unpaired) electrons. The maximum atomic E-state index is 11.0. The summed E-state index contributed by atoms with van der Waals surface area (Å²) in [5.41, 5.74) is 1.15. The second kappa shape index (κ2) is 5.48. The Morgan fingerprint density at radius 2 is 1.40 bits per heavy atom. The van der Waals surface area contributed by atoms with Gasteiger partial charge in [0, 0.05) is 12.1 Å². The molecule has 0 aliphatic carbocycles. The fourth-order valence-corrected chi connectivity index (χ4v) is 2.05. The van der Waals surface area contributed by atoms with E-state index in [4.69, 9.17) is 0 Å². The molecule has 0 fully saturated rings. The van der Waals surface area contributed by atoms with Crippen molar-refractivity contribution in [3.63, 3.8) is 0 Å². The molecule has 0 atom stereocenters. The molecule has 0 heterocycles. The van der Waals surface area contributed by atoms with Crippen molar-refractivity contribution in [3.8, 4) is 0 Å². The van der Waals surface area contributed by atoms with Crippen LogP contribution in [0.15, 0.2) is 42.5 Å². The number of rotatable bonds is 4. The zero-order chi connectivity index (χ0) is 14.7. The smallest absolute Gasteiger partial charge is 0.258 e. The minimum Gasteiger partial charge on any atom is -0.258 e. The van der Waals surface area contributed by atoms with Crippen molar-refractivity contribution in [1.82, 2.24) is 0 Å². The summed E-state index contributed by atoms with van der Waals surface area (Å²) in [5.74, 6) is 0. The van der Waals surface area contributed by atoms with Gasteiger partial charge in [0.15, 0.2) is 0 Å². The Balaban J connectivity index is 2.49. The van der Waals surface area contributed by atoms with Crippen molar-refractivity contribution < 1.29 is 9.85 Å². The van der Waals surface area contributed by atoms with Crippen LogP contribution in [0.5, 0.6) is 0 Å². The summed E-state index contributed by atoms with van der Waals surface area (Å²) < 4.78 is 0. The standard InChI is InChI=1S/C14H12N2O4/c1-10-13(15(17)18)8-12(9-14(10)16(19)20)7-11-5-3-2-4-6-11/h2-6,8-9H,7H2,1H3. The van der Waals surface area contributed by atoms with Crippen molar-refractivity contribution in [2.75, 3.05) is 0 Å². The normalized spacial score (nSPS) is 10.2. The van der Waals surface area contributed by atoms with Gasteiger partial charge >= 0.3 is 0 Å². The maximum absolute atomic E-state index is 11.0. The molecule has 6 nitrogen and oxygen atoms in total. The molecular weight excluding hydrogens is 260 g/mol. The highest BCUT2D eigenvalue weighted by Crippen LogP contribution is 2.30. The van der Waals surface area contributed by atoms with Gasteiger partial charge in [0.05, 0.1) is 9.85 Å². The number of nitro benzene ring substituents is 2. The van der Waals surface area contributed by atoms with Crippen LogP contribution in [0.2, 0.25) is 0 Å². The van der Waals surface area contributed by atoms with Crippen molar-refractivity contribution >= 4 is 11.4 Å². The van der Waals surface area contributed by atoms with E-state index in [0.29, 0.717) is 12.0 Å². The maximum Gasteiger partial charge on any atom is 0.279 e. The van der Waals surface area contributed by atoms with E-state index in [1.807, 2.05) is 30.3 Å². The SMILES string of the molecule is Cc1c([N+](=O)[O-])cc(Cc2ccccc2)cc1[N+](=O)[O-]. The molecule has 102 valence electrons. The first kappa shape index (κ1) is 13.7. The molecule has 0 saturated carbocycles. The van der Waals surface area contributed by atoms with Crippen LogP contribution in [0.25, 0.3) is 0 Å². The number of hydrogen-bond donors (Lipinski definition) is 0. The van der Waals surface area contributed by atoms with Gasteiger partial charge in [0.25, 0.3) is 11.4 Å². The van der Waals surface area contributed by atoms with Gasteiger partial charge < -0.3 is 0 Å². The third-order valence-corrected chi connectivity index (χ3v) is 3.06. The van der Waals surface area contributed by atoms with E-state index in [-0.39, 0.29) is 16.9 Å². The Labute approximate surface area is 115 Å². The molecular formula is C14H12N2O4. The van der Waals surface area contributed by atoms with E-state index in [1.165, 1.54) is 19.1 Å². The molecule has 0 unspecified atom stereocenters. The number of nitrogens with zero attached hydrogens (tertiary/aromatic N) is 2. The van der Waals surface area contributed by atoms with Crippen LogP contribution in [-0.4, -0.2) is 9.85 Å². The highest BCUT2D eigenvalue weighted by molar-refractivity contribution is 5.56. The molecule has 0 aliphatic heterocycles. The summed E-state index contributed by atoms with van der Waals surface area (Å²) >= 11 is 0. The first-order valence-corrected chi connectivity index (χ1v) is 5.95. The van der Waals surface area contributed by atoms with Crippen LogP contribution in [0.1, 0.15) is 16.7 Å². The van der Waals surface area contributed by atoms with Gasteiger partial charge in [0.1, 0.15) is 5.56 Å². The number of nitro groups is 2. The molecule has 2 aromatic carbocycles. The number of benzene rings is 2. The van der Waals surface area contributed by atoms with Gasteiger partial charge in [-0.3, -0.25) is 20.2 Å². The van der Waals surface area contributed by atoms with E-state index >= 15 is 0 Å². The Hall–Kier alpha value is -2.76. The van der Waals surface area contributed by atoms with Crippen LogP contribution in [0.3, 0.4) is 0 Å². The summed E-state index contributed by atoms with van der Waals surface area (Å²) in [6, 6.07) is 12.1. The second-order valence-electron chi connectivity index (χ2n) is 4.44. The zero-order valence-corrected chi connectivity index (χ0v) is 10.8. The highest BCUT2D eigenvalue weighted by atomic mass is 16.6. The summed E-state index contributed by atoms with van der Waals surface area (Å²) in [5, 5.41) is 22.0. The molecule has 20 heavy (non-hydrogen) atoms. The van der Waals surface area contributed by atoms with Crippen LogP contribution in [0.4, 0.5) is 11.4 Å². The number of hydrogen-bond acceptors (Lipinski definition) is 4. The largest absolute Gasteiger partial charge is 0.279 e. The molecule has 2 rings (SSSR count). The Bertz CT molecular complexity index is 633. The average Bonchev–Trinajstić information content (AvgIpc) is 2.41. The molecule has 0 aliphatic rings. The first-order chi connectivity index (χ1) is 9.49. The molecule has 0 amide bonds. The molecule has 0 saturated heterocycles. The van der Waals surface area contributed by atoms with Crippen LogP contribution in [-0.2, 0) is 6.42 Å². The van der Waals surface area contributed by atoms with Crippen molar-refractivity contribution in [2.45, 2.75) is 13.3 Å².